The predicted octanol–water partition coefficient (Wildman–Crippen LogP) is 1.43. The van der Waals surface area contributed by atoms with Gasteiger partial charge in [0.2, 0.25) is 0 Å². The fourth-order valence-electron chi connectivity index (χ4n) is 2.86. The van der Waals surface area contributed by atoms with Crippen LogP contribution in [0, 0.1) is 6.92 Å². The minimum absolute atomic E-state index is 0.909. The van der Waals surface area contributed by atoms with Crippen LogP contribution in [0.3, 0.4) is 0 Å². The van der Waals surface area contributed by atoms with Crippen molar-refractivity contribution in [3.05, 3.63) is 23.0 Å². The van der Waals surface area contributed by atoms with Crippen molar-refractivity contribution in [3.63, 3.8) is 0 Å². The average Bonchev–Trinajstić information content (AvgIpc) is 3.02. The van der Waals surface area contributed by atoms with Crippen LogP contribution in [-0.4, -0.2) is 65.5 Å². The second kappa shape index (κ2) is 6.87. The molecule has 6 heteroatoms. The number of nitrogens with zero attached hydrogens (tertiary/aromatic N) is 4. The number of piperazine rings is 1. The Morgan fingerprint density at radius 2 is 2.10 bits per heavy atom. The summed E-state index contributed by atoms with van der Waals surface area (Å²) in [6.45, 7) is 10.1. The van der Waals surface area contributed by atoms with Crippen LogP contribution in [0.1, 0.15) is 17.8 Å². The van der Waals surface area contributed by atoms with Gasteiger partial charge < -0.3 is 15.1 Å². The van der Waals surface area contributed by atoms with E-state index in [1.165, 1.54) is 44.8 Å². The van der Waals surface area contributed by atoms with E-state index in [9.17, 15) is 0 Å². The van der Waals surface area contributed by atoms with E-state index in [-0.39, 0.29) is 0 Å². The molecule has 2 aromatic heterocycles. The molecule has 0 amide bonds. The molecular formula is C15H25N5S. The molecule has 1 aliphatic heterocycles. The molecule has 1 fully saturated rings. The zero-order valence-electron chi connectivity index (χ0n) is 13.0. The van der Waals surface area contributed by atoms with Crippen molar-refractivity contribution in [3.8, 4) is 0 Å². The summed E-state index contributed by atoms with van der Waals surface area (Å²) in [5.74, 6) is 0. The molecule has 1 aliphatic rings. The monoisotopic (exact) mass is 307 g/mol. The molecule has 1 saturated heterocycles. The van der Waals surface area contributed by atoms with Crippen molar-refractivity contribution in [1.82, 2.24) is 24.5 Å². The topological polar surface area (TPSA) is 35.8 Å². The van der Waals surface area contributed by atoms with E-state index in [1.54, 1.807) is 11.3 Å². The predicted molar refractivity (Wildman–Crippen MR) is 88.1 cm³/mol. The van der Waals surface area contributed by atoms with E-state index in [2.05, 4.69) is 50.0 Å². The Morgan fingerprint density at radius 3 is 2.90 bits per heavy atom. The fraction of sp³-hybridized carbons (Fsp3) is 0.667. The minimum Gasteiger partial charge on any atom is -0.311 e. The van der Waals surface area contributed by atoms with Gasteiger partial charge in [-0.15, -0.1) is 11.3 Å². The number of rotatable bonds is 6. The van der Waals surface area contributed by atoms with Crippen LogP contribution in [0.2, 0.25) is 0 Å². The minimum atomic E-state index is 0.909. The van der Waals surface area contributed by atoms with Gasteiger partial charge in [0.05, 0.1) is 11.4 Å². The molecule has 2 aromatic rings. The maximum atomic E-state index is 4.58. The molecular weight excluding hydrogens is 282 g/mol. The SMILES string of the molecule is Cc1nc2sccn2c1CNCCCN1CCN(C)CC1. The van der Waals surface area contributed by atoms with E-state index in [0.717, 1.165) is 23.7 Å². The molecule has 0 aliphatic carbocycles. The van der Waals surface area contributed by atoms with Crippen LogP contribution >= 0.6 is 11.3 Å². The first kappa shape index (κ1) is 15.0. The van der Waals surface area contributed by atoms with Crippen molar-refractivity contribution >= 4 is 16.3 Å². The second-order valence-electron chi connectivity index (χ2n) is 5.87. The van der Waals surface area contributed by atoms with E-state index < -0.39 is 0 Å². The summed E-state index contributed by atoms with van der Waals surface area (Å²) < 4.78 is 2.20. The number of nitrogens with one attached hydrogen (secondary N) is 1. The molecule has 21 heavy (non-hydrogen) atoms. The van der Waals surface area contributed by atoms with Crippen molar-refractivity contribution in [2.45, 2.75) is 19.9 Å². The van der Waals surface area contributed by atoms with Gasteiger partial charge in [-0.2, -0.15) is 0 Å². The normalized spacial score (nSPS) is 17.8. The molecule has 0 bridgehead atoms. The maximum Gasteiger partial charge on any atom is 0.194 e. The highest BCUT2D eigenvalue weighted by Crippen LogP contribution is 2.16. The van der Waals surface area contributed by atoms with Gasteiger partial charge in [0.25, 0.3) is 0 Å². The van der Waals surface area contributed by atoms with Gasteiger partial charge in [-0.1, -0.05) is 0 Å². The molecule has 116 valence electrons. The summed E-state index contributed by atoms with van der Waals surface area (Å²) in [6, 6.07) is 0. The summed E-state index contributed by atoms with van der Waals surface area (Å²) >= 11 is 1.70. The summed E-state index contributed by atoms with van der Waals surface area (Å²) in [6.07, 6.45) is 3.33. The summed E-state index contributed by atoms with van der Waals surface area (Å²) in [5.41, 5.74) is 2.44. The van der Waals surface area contributed by atoms with Crippen LogP contribution in [0.15, 0.2) is 11.6 Å². The Bertz CT molecular complexity index is 568. The summed E-state index contributed by atoms with van der Waals surface area (Å²) in [4.78, 5) is 10.7. The lowest BCUT2D eigenvalue weighted by Gasteiger charge is -2.32. The maximum absolute atomic E-state index is 4.58. The van der Waals surface area contributed by atoms with Crippen molar-refractivity contribution in [2.24, 2.45) is 0 Å². The zero-order chi connectivity index (χ0) is 14.7. The molecule has 5 nitrogen and oxygen atoms in total. The highest BCUT2D eigenvalue weighted by Gasteiger charge is 2.13. The van der Waals surface area contributed by atoms with Crippen LogP contribution in [0.25, 0.3) is 4.96 Å². The van der Waals surface area contributed by atoms with Gasteiger partial charge in [0.1, 0.15) is 0 Å². The Hall–Kier alpha value is -0.950. The molecule has 3 heterocycles. The third-order valence-corrected chi connectivity index (χ3v) is 5.03. The molecule has 0 atom stereocenters. The zero-order valence-corrected chi connectivity index (χ0v) is 13.8. The van der Waals surface area contributed by atoms with Gasteiger partial charge in [-0.05, 0) is 33.5 Å². The molecule has 0 saturated carbocycles. The number of aryl methyl sites for hydroxylation is 1. The number of imidazole rings is 1. The Morgan fingerprint density at radius 1 is 1.29 bits per heavy atom. The van der Waals surface area contributed by atoms with Gasteiger partial charge in [0, 0.05) is 44.3 Å². The number of hydrogen-bond acceptors (Lipinski definition) is 5. The van der Waals surface area contributed by atoms with Gasteiger partial charge >= 0.3 is 0 Å². The lowest BCUT2D eigenvalue weighted by molar-refractivity contribution is 0.152. The summed E-state index contributed by atoms with van der Waals surface area (Å²) in [7, 11) is 2.21. The standard InChI is InChI=1S/C15H25N5S/c1-13-14(20-10-11-21-15(20)17-13)12-16-4-3-5-19-8-6-18(2)7-9-19/h10-11,16H,3-9,12H2,1-2H3. The Kier molecular flexibility index (Phi) is 4.90. The van der Waals surface area contributed by atoms with Crippen molar-refractivity contribution in [2.75, 3.05) is 46.3 Å². The van der Waals surface area contributed by atoms with E-state index >= 15 is 0 Å². The average molecular weight is 307 g/mol. The first-order valence-corrected chi connectivity index (χ1v) is 8.64. The van der Waals surface area contributed by atoms with Gasteiger partial charge in [0.15, 0.2) is 4.96 Å². The van der Waals surface area contributed by atoms with Crippen LogP contribution in [0.4, 0.5) is 0 Å². The van der Waals surface area contributed by atoms with E-state index in [4.69, 9.17) is 0 Å². The highest BCUT2D eigenvalue weighted by molar-refractivity contribution is 7.15. The number of hydrogen-bond donors (Lipinski definition) is 1. The number of fused-ring (bicyclic) bond motifs is 1. The van der Waals surface area contributed by atoms with E-state index in [0.29, 0.717) is 0 Å². The molecule has 3 rings (SSSR count). The van der Waals surface area contributed by atoms with Gasteiger partial charge in [-0.25, -0.2) is 4.98 Å². The number of aromatic nitrogens is 2. The lowest BCUT2D eigenvalue weighted by atomic mass is 10.3. The summed E-state index contributed by atoms with van der Waals surface area (Å²) in [5, 5.41) is 5.66. The largest absolute Gasteiger partial charge is 0.311 e. The Labute approximate surface area is 130 Å². The fourth-order valence-corrected chi connectivity index (χ4v) is 3.64. The third kappa shape index (κ3) is 3.63. The number of likely N-dealkylation sites (N-methyl/N-ethyl adjacent to an activating group) is 1. The van der Waals surface area contributed by atoms with Crippen LogP contribution < -0.4 is 5.32 Å². The highest BCUT2D eigenvalue weighted by atomic mass is 32.1. The first-order valence-electron chi connectivity index (χ1n) is 7.76. The number of thiazole rings is 1. The van der Waals surface area contributed by atoms with Crippen LogP contribution in [-0.2, 0) is 6.54 Å². The van der Waals surface area contributed by atoms with Gasteiger partial charge in [-0.3, -0.25) is 4.40 Å². The van der Waals surface area contributed by atoms with Crippen molar-refractivity contribution in [1.29, 1.82) is 0 Å². The molecule has 0 aromatic carbocycles. The molecule has 0 unspecified atom stereocenters. The quantitative estimate of drug-likeness (QED) is 0.819. The van der Waals surface area contributed by atoms with Crippen LogP contribution in [0.5, 0.6) is 0 Å². The smallest absolute Gasteiger partial charge is 0.194 e. The molecule has 1 N–H and O–H groups in total. The van der Waals surface area contributed by atoms with Crippen molar-refractivity contribution < 1.29 is 0 Å². The van der Waals surface area contributed by atoms with E-state index in [1.807, 2.05) is 0 Å². The molecule has 0 radical (unpaired) electrons. The molecule has 0 spiro atoms. The lowest BCUT2D eigenvalue weighted by Crippen LogP contribution is -2.45. The second-order valence-corrected chi connectivity index (χ2v) is 6.75. The Balaban J connectivity index is 1.38. The third-order valence-electron chi connectivity index (χ3n) is 4.28. The first-order chi connectivity index (χ1) is 10.2.